The Hall–Kier alpha value is -3.07. The van der Waals surface area contributed by atoms with Gasteiger partial charge < -0.3 is 20.1 Å². The van der Waals surface area contributed by atoms with E-state index >= 15 is 0 Å². The zero-order chi connectivity index (χ0) is 22.9. The van der Waals surface area contributed by atoms with E-state index in [0.717, 1.165) is 12.1 Å². The molecule has 0 aliphatic heterocycles. The predicted octanol–water partition coefficient (Wildman–Crippen LogP) is 4.54. The van der Waals surface area contributed by atoms with Crippen molar-refractivity contribution in [1.82, 2.24) is 5.32 Å². The maximum absolute atomic E-state index is 12.9. The summed E-state index contributed by atoms with van der Waals surface area (Å²) < 4.78 is 49.1. The molecule has 168 valence electrons. The summed E-state index contributed by atoms with van der Waals surface area (Å²) in [7, 11) is 0. The van der Waals surface area contributed by atoms with E-state index in [1.165, 1.54) is 24.3 Å². The fraction of sp³-hybridized carbons (Fsp3) is 0.364. The van der Waals surface area contributed by atoms with Gasteiger partial charge in [0.05, 0.1) is 22.9 Å². The molecule has 0 fully saturated rings. The van der Waals surface area contributed by atoms with Crippen molar-refractivity contribution < 1.29 is 32.2 Å². The van der Waals surface area contributed by atoms with Crippen LogP contribution in [0, 0.1) is 0 Å². The number of carbonyl (C=O) groups excluding carboxylic acids is 2. The highest BCUT2D eigenvalue weighted by Crippen LogP contribution is 2.31. The molecule has 0 aliphatic rings. The lowest BCUT2D eigenvalue weighted by atomic mass is 10.1. The summed E-state index contributed by atoms with van der Waals surface area (Å²) in [5.41, 5.74) is -0.291. The molecule has 0 heterocycles. The lowest BCUT2D eigenvalue weighted by molar-refractivity contribution is -0.137. The van der Waals surface area contributed by atoms with Gasteiger partial charge in [-0.25, -0.2) is 4.79 Å². The van der Waals surface area contributed by atoms with Crippen LogP contribution in [0.1, 0.15) is 36.2 Å². The van der Waals surface area contributed by atoms with Crippen LogP contribution in [-0.2, 0) is 20.4 Å². The van der Waals surface area contributed by atoms with Crippen LogP contribution >= 0.6 is 0 Å². The zero-order valence-corrected chi connectivity index (χ0v) is 17.3. The SMILES string of the molecule is CC(C)OCCCNC(=O)COC(=O)c1ccccc1Nc1cccc(C(F)(F)F)c1. The summed E-state index contributed by atoms with van der Waals surface area (Å²) in [6.07, 6.45) is -3.74. The van der Waals surface area contributed by atoms with Gasteiger partial charge in [0.2, 0.25) is 0 Å². The minimum Gasteiger partial charge on any atom is -0.452 e. The number of carbonyl (C=O) groups is 2. The second-order valence-corrected chi connectivity index (χ2v) is 6.95. The Balaban J connectivity index is 1.93. The third-order valence-corrected chi connectivity index (χ3v) is 4.04. The van der Waals surface area contributed by atoms with Crippen molar-refractivity contribution in [3.63, 3.8) is 0 Å². The van der Waals surface area contributed by atoms with Crippen molar-refractivity contribution >= 4 is 23.3 Å². The maximum Gasteiger partial charge on any atom is 0.416 e. The Morgan fingerprint density at radius 3 is 2.52 bits per heavy atom. The maximum atomic E-state index is 12.9. The predicted molar refractivity (Wildman–Crippen MR) is 110 cm³/mol. The largest absolute Gasteiger partial charge is 0.452 e. The van der Waals surface area contributed by atoms with E-state index < -0.39 is 30.2 Å². The lowest BCUT2D eigenvalue weighted by Gasteiger charge is -2.13. The first kappa shape index (κ1) is 24.2. The molecule has 6 nitrogen and oxygen atoms in total. The Morgan fingerprint density at radius 2 is 1.81 bits per heavy atom. The van der Waals surface area contributed by atoms with E-state index in [0.29, 0.717) is 19.6 Å². The van der Waals surface area contributed by atoms with E-state index in [9.17, 15) is 22.8 Å². The monoisotopic (exact) mass is 438 g/mol. The fourth-order valence-electron chi connectivity index (χ4n) is 2.58. The Bertz CT molecular complexity index is 885. The molecule has 0 spiro atoms. The van der Waals surface area contributed by atoms with Gasteiger partial charge in [-0.1, -0.05) is 18.2 Å². The van der Waals surface area contributed by atoms with Crippen molar-refractivity contribution in [3.8, 4) is 0 Å². The molecule has 0 bridgehead atoms. The molecular formula is C22H25F3N2O4. The minimum atomic E-state index is -4.48. The number of amides is 1. The van der Waals surface area contributed by atoms with E-state index in [1.807, 2.05) is 13.8 Å². The molecule has 2 rings (SSSR count). The number of anilines is 2. The van der Waals surface area contributed by atoms with Gasteiger partial charge in [-0.3, -0.25) is 4.79 Å². The number of hydrogen-bond acceptors (Lipinski definition) is 5. The normalized spacial score (nSPS) is 11.3. The number of para-hydroxylation sites is 1. The molecule has 0 unspecified atom stereocenters. The lowest BCUT2D eigenvalue weighted by Crippen LogP contribution is -2.30. The van der Waals surface area contributed by atoms with E-state index in [4.69, 9.17) is 9.47 Å². The van der Waals surface area contributed by atoms with Crippen LogP contribution in [0.3, 0.4) is 0 Å². The van der Waals surface area contributed by atoms with Crippen LogP contribution in [0.15, 0.2) is 48.5 Å². The van der Waals surface area contributed by atoms with Gasteiger partial charge in [0.25, 0.3) is 5.91 Å². The minimum absolute atomic E-state index is 0.0954. The standard InChI is InChI=1S/C22H25F3N2O4/c1-15(2)30-12-6-11-26-20(28)14-31-21(29)18-9-3-4-10-19(18)27-17-8-5-7-16(13-17)22(23,24)25/h3-5,7-10,13,15,27H,6,11-12,14H2,1-2H3,(H,26,28). The molecule has 0 atom stereocenters. The first-order chi connectivity index (χ1) is 14.7. The second-order valence-electron chi connectivity index (χ2n) is 6.95. The number of esters is 1. The molecule has 2 N–H and O–H groups in total. The summed E-state index contributed by atoms with van der Waals surface area (Å²) in [5.74, 6) is -1.23. The van der Waals surface area contributed by atoms with E-state index in [2.05, 4.69) is 10.6 Å². The highest BCUT2D eigenvalue weighted by Gasteiger charge is 2.30. The van der Waals surface area contributed by atoms with Gasteiger partial charge in [-0.05, 0) is 50.6 Å². The quantitative estimate of drug-likeness (QED) is 0.421. The first-order valence-corrected chi connectivity index (χ1v) is 9.75. The van der Waals surface area contributed by atoms with Crippen molar-refractivity contribution in [3.05, 3.63) is 59.7 Å². The third kappa shape index (κ3) is 8.29. The number of nitrogens with one attached hydrogen (secondary N) is 2. The van der Waals surface area contributed by atoms with Crippen molar-refractivity contribution in [2.24, 2.45) is 0 Å². The Labute approximate surface area is 178 Å². The van der Waals surface area contributed by atoms with Gasteiger partial charge >= 0.3 is 12.1 Å². The topological polar surface area (TPSA) is 76.7 Å². The number of alkyl halides is 3. The smallest absolute Gasteiger partial charge is 0.416 e. The molecular weight excluding hydrogens is 413 g/mol. The van der Waals surface area contributed by atoms with Crippen LogP contribution in [0.2, 0.25) is 0 Å². The fourth-order valence-corrected chi connectivity index (χ4v) is 2.58. The number of rotatable bonds is 10. The van der Waals surface area contributed by atoms with Crippen LogP contribution < -0.4 is 10.6 Å². The molecule has 2 aromatic rings. The van der Waals surface area contributed by atoms with Crippen LogP contribution in [-0.4, -0.2) is 37.7 Å². The Morgan fingerprint density at radius 1 is 1.06 bits per heavy atom. The molecule has 1 amide bonds. The van der Waals surface area contributed by atoms with Gasteiger partial charge in [-0.2, -0.15) is 13.2 Å². The average Bonchev–Trinajstić information content (AvgIpc) is 2.71. The summed E-state index contributed by atoms with van der Waals surface area (Å²) in [6, 6.07) is 10.8. The van der Waals surface area contributed by atoms with Crippen molar-refractivity contribution in [2.75, 3.05) is 25.1 Å². The summed E-state index contributed by atoms with van der Waals surface area (Å²) in [5, 5.41) is 5.42. The Kier molecular flexibility index (Phi) is 8.87. The summed E-state index contributed by atoms with van der Waals surface area (Å²) in [4.78, 5) is 24.2. The molecule has 0 aliphatic carbocycles. The number of hydrogen-bond donors (Lipinski definition) is 2. The molecule has 0 aromatic heterocycles. The molecule has 2 aromatic carbocycles. The molecule has 31 heavy (non-hydrogen) atoms. The number of benzene rings is 2. The van der Waals surface area contributed by atoms with Crippen LogP contribution in [0.25, 0.3) is 0 Å². The van der Waals surface area contributed by atoms with E-state index in [1.54, 1.807) is 12.1 Å². The molecule has 9 heteroatoms. The van der Waals surface area contributed by atoms with Crippen molar-refractivity contribution in [2.45, 2.75) is 32.5 Å². The molecule has 0 saturated heterocycles. The second kappa shape index (κ2) is 11.4. The zero-order valence-electron chi connectivity index (χ0n) is 17.3. The van der Waals surface area contributed by atoms with Gasteiger partial charge in [0, 0.05) is 18.8 Å². The van der Waals surface area contributed by atoms with Crippen LogP contribution in [0.4, 0.5) is 24.5 Å². The van der Waals surface area contributed by atoms with E-state index in [-0.39, 0.29) is 23.0 Å². The average molecular weight is 438 g/mol. The van der Waals surface area contributed by atoms with Gasteiger partial charge in [0.1, 0.15) is 0 Å². The summed E-state index contributed by atoms with van der Waals surface area (Å²) >= 11 is 0. The first-order valence-electron chi connectivity index (χ1n) is 9.75. The van der Waals surface area contributed by atoms with Gasteiger partial charge in [-0.15, -0.1) is 0 Å². The molecule has 0 radical (unpaired) electrons. The molecule has 0 saturated carbocycles. The number of ether oxygens (including phenoxy) is 2. The van der Waals surface area contributed by atoms with Crippen LogP contribution in [0.5, 0.6) is 0 Å². The number of halogens is 3. The van der Waals surface area contributed by atoms with Crippen molar-refractivity contribution in [1.29, 1.82) is 0 Å². The van der Waals surface area contributed by atoms with Gasteiger partial charge in [0.15, 0.2) is 6.61 Å². The highest BCUT2D eigenvalue weighted by atomic mass is 19.4. The highest BCUT2D eigenvalue weighted by molar-refractivity contribution is 5.97. The summed E-state index contributed by atoms with van der Waals surface area (Å²) in [6.45, 7) is 4.25. The third-order valence-electron chi connectivity index (χ3n) is 4.04.